The molecule has 0 fully saturated rings. The lowest BCUT2D eigenvalue weighted by atomic mass is 9.87. The second kappa shape index (κ2) is 6.66. The van der Waals surface area contributed by atoms with Crippen molar-refractivity contribution in [3.63, 3.8) is 0 Å². The molecule has 0 heterocycles. The Hall–Kier alpha value is -1.27. The van der Waals surface area contributed by atoms with Crippen LogP contribution in [0.25, 0.3) is 0 Å². The van der Waals surface area contributed by atoms with E-state index in [0.717, 1.165) is 5.56 Å². The highest BCUT2D eigenvalue weighted by atomic mass is 79.9. The molecule has 1 aromatic rings. The number of halogens is 2. The van der Waals surface area contributed by atoms with Gasteiger partial charge in [-0.25, -0.2) is 9.59 Å². The van der Waals surface area contributed by atoms with Crippen LogP contribution >= 0.6 is 27.5 Å². The molecule has 0 aromatic heterocycles. The standard InChI is InChI=1S/C14H18BrClN2O3/c1-7-5-8(15)10(6-9(7)16)17-13(21)18-11(12(19)20)14(2,3)4/h5-6,11H,1-4H3,(H,19,20)(H2,17,18,21). The summed E-state index contributed by atoms with van der Waals surface area (Å²) in [6, 6.07) is 1.78. The topological polar surface area (TPSA) is 78.4 Å². The number of urea groups is 1. The van der Waals surface area contributed by atoms with Gasteiger partial charge in [0.2, 0.25) is 0 Å². The van der Waals surface area contributed by atoms with Crippen LogP contribution in [0.4, 0.5) is 10.5 Å². The third-order valence-electron chi connectivity index (χ3n) is 2.88. The lowest BCUT2D eigenvalue weighted by molar-refractivity contribution is -0.141. The van der Waals surface area contributed by atoms with Crippen LogP contribution in [0.15, 0.2) is 16.6 Å². The minimum atomic E-state index is -1.08. The average molecular weight is 378 g/mol. The fourth-order valence-electron chi connectivity index (χ4n) is 1.68. The Morgan fingerprint density at radius 1 is 1.33 bits per heavy atom. The van der Waals surface area contributed by atoms with Crippen LogP contribution in [0.3, 0.4) is 0 Å². The van der Waals surface area contributed by atoms with Crippen molar-refractivity contribution in [1.82, 2.24) is 5.32 Å². The Morgan fingerprint density at radius 2 is 1.90 bits per heavy atom. The molecule has 1 atom stereocenters. The van der Waals surface area contributed by atoms with Crippen molar-refractivity contribution < 1.29 is 14.7 Å². The number of carbonyl (C=O) groups excluding carboxylic acids is 1. The Labute approximate surface area is 137 Å². The first-order valence-corrected chi connectivity index (χ1v) is 7.45. The first kappa shape index (κ1) is 17.8. The molecule has 1 unspecified atom stereocenters. The van der Waals surface area contributed by atoms with Crippen molar-refractivity contribution in [3.8, 4) is 0 Å². The van der Waals surface area contributed by atoms with Gasteiger partial charge < -0.3 is 15.7 Å². The SMILES string of the molecule is Cc1cc(Br)c(NC(=O)NC(C(=O)O)C(C)(C)C)cc1Cl. The number of carboxylic acids is 1. The van der Waals surface area contributed by atoms with Crippen molar-refractivity contribution in [1.29, 1.82) is 0 Å². The van der Waals surface area contributed by atoms with Gasteiger partial charge in [0.15, 0.2) is 0 Å². The minimum Gasteiger partial charge on any atom is -0.480 e. The number of hydrogen-bond acceptors (Lipinski definition) is 2. The summed E-state index contributed by atoms with van der Waals surface area (Å²) in [7, 11) is 0. The van der Waals surface area contributed by atoms with E-state index in [1.807, 2.05) is 6.92 Å². The maximum atomic E-state index is 12.0. The molecule has 1 rings (SSSR count). The Bertz CT molecular complexity index is 570. The molecule has 0 aliphatic rings. The van der Waals surface area contributed by atoms with E-state index in [1.165, 1.54) is 0 Å². The summed E-state index contributed by atoms with van der Waals surface area (Å²) >= 11 is 9.34. The molecule has 21 heavy (non-hydrogen) atoms. The van der Waals surface area contributed by atoms with E-state index < -0.39 is 23.5 Å². The van der Waals surface area contributed by atoms with E-state index in [2.05, 4.69) is 26.6 Å². The highest BCUT2D eigenvalue weighted by Gasteiger charge is 2.32. The van der Waals surface area contributed by atoms with Crippen LogP contribution in [0.1, 0.15) is 26.3 Å². The summed E-state index contributed by atoms with van der Waals surface area (Å²) in [4.78, 5) is 23.2. The van der Waals surface area contributed by atoms with E-state index in [0.29, 0.717) is 15.2 Å². The number of aryl methyl sites for hydroxylation is 1. The van der Waals surface area contributed by atoms with Gasteiger partial charge in [0.25, 0.3) is 0 Å². The van der Waals surface area contributed by atoms with Crippen LogP contribution in [-0.2, 0) is 4.79 Å². The van der Waals surface area contributed by atoms with E-state index in [4.69, 9.17) is 11.6 Å². The molecular formula is C14H18BrClN2O3. The molecule has 2 amide bonds. The largest absolute Gasteiger partial charge is 0.480 e. The molecule has 0 radical (unpaired) electrons. The smallest absolute Gasteiger partial charge is 0.326 e. The monoisotopic (exact) mass is 376 g/mol. The van der Waals surface area contributed by atoms with Crippen LogP contribution < -0.4 is 10.6 Å². The quantitative estimate of drug-likeness (QED) is 0.744. The van der Waals surface area contributed by atoms with Crippen molar-refractivity contribution in [2.45, 2.75) is 33.7 Å². The number of nitrogens with one attached hydrogen (secondary N) is 2. The van der Waals surface area contributed by atoms with E-state index in [1.54, 1.807) is 32.9 Å². The second-order valence-electron chi connectivity index (χ2n) is 5.82. The molecule has 7 heteroatoms. The number of aliphatic carboxylic acids is 1. The van der Waals surface area contributed by atoms with Gasteiger partial charge in [0, 0.05) is 9.50 Å². The van der Waals surface area contributed by atoms with E-state index >= 15 is 0 Å². The number of carbonyl (C=O) groups is 2. The van der Waals surface area contributed by atoms with E-state index in [9.17, 15) is 14.7 Å². The zero-order chi connectivity index (χ0) is 16.4. The van der Waals surface area contributed by atoms with Crippen LogP contribution in [0, 0.1) is 12.3 Å². The van der Waals surface area contributed by atoms with Crippen molar-refractivity contribution in [2.24, 2.45) is 5.41 Å². The molecule has 116 valence electrons. The fraction of sp³-hybridized carbons (Fsp3) is 0.429. The summed E-state index contributed by atoms with van der Waals surface area (Å²) in [6.45, 7) is 7.07. The third-order valence-corrected chi connectivity index (χ3v) is 3.95. The zero-order valence-corrected chi connectivity index (χ0v) is 14.6. The van der Waals surface area contributed by atoms with Gasteiger partial charge in [-0.15, -0.1) is 0 Å². The van der Waals surface area contributed by atoms with E-state index in [-0.39, 0.29) is 0 Å². The van der Waals surface area contributed by atoms with Crippen molar-refractivity contribution in [3.05, 3.63) is 27.2 Å². The van der Waals surface area contributed by atoms with Gasteiger partial charge in [-0.2, -0.15) is 0 Å². The molecule has 0 bridgehead atoms. The molecule has 5 nitrogen and oxygen atoms in total. The predicted molar refractivity (Wildman–Crippen MR) is 86.9 cm³/mol. The Balaban J connectivity index is 2.87. The van der Waals surface area contributed by atoms with Crippen LogP contribution in [0.5, 0.6) is 0 Å². The molecule has 0 saturated carbocycles. The number of hydrogen-bond donors (Lipinski definition) is 3. The predicted octanol–water partition coefficient (Wildman–Crippen LogP) is 4.03. The molecular weight excluding hydrogens is 360 g/mol. The Morgan fingerprint density at radius 3 is 2.38 bits per heavy atom. The number of rotatable bonds is 3. The van der Waals surface area contributed by atoms with Gasteiger partial charge >= 0.3 is 12.0 Å². The number of carboxylic acid groups (broad SMARTS) is 1. The van der Waals surface area contributed by atoms with Gasteiger partial charge in [-0.3, -0.25) is 0 Å². The molecule has 3 N–H and O–H groups in total. The lowest BCUT2D eigenvalue weighted by Gasteiger charge is -2.27. The van der Waals surface area contributed by atoms with Gasteiger partial charge in [-0.05, 0) is 46.0 Å². The molecule has 1 aromatic carbocycles. The highest BCUT2D eigenvalue weighted by molar-refractivity contribution is 9.10. The molecule has 0 aliphatic heterocycles. The summed E-state index contributed by atoms with van der Waals surface area (Å²) in [5.74, 6) is -1.08. The van der Waals surface area contributed by atoms with Crippen LogP contribution in [-0.4, -0.2) is 23.1 Å². The van der Waals surface area contributed by atoms with Gasteiger partial charge in [0.1, 0.15) is 6.04 Å². The third kappa shape index (κ3) is 4.89. The summed E-state index contributed by atoms with van der Waals surface area (Å²) < 4.78 is 0.669. The maximum Gasteiger partial charge on any atom is 0.326 e. The normalized spacial score (nSPS) is 12.7. The number of benzene rings is 1. The summed E-state index contributed by atoms with van der Waals surface area (Å²) in [5.41, 5.74) is 0.736. The second-order valence-corrected chi connectivity index (χ2v) is 7.08. The fourth-order valence-corrected chi connectivity index (χ4v) is 2.40. The molecule has 0 aliphatic carbocycles. The zero-order valence-electron chi connectivity index (χ0n) is 12.3. The van der Waals surface area contributed by atoms with Gasteiger partial charge in [-0.1, -0.05) is 32.4 Å². The first-order chi connectivity index (χ1) is 9.52. The summed E-state index contributed by atoms with van der Waals surface area (Å²) in [5, 5.41) is 14.7. The molecule has 0 spiro atoms. The maximum absolute atomic E-state index is 12.0. The first-order valence-electron chi connectivity index (χ1n) is 6.28. The summed E-state index contributed by atoms with van der Waals surface area (Å²) in [6.07, 6.45) is 0. The highest BCUT2D eigenvalue weighted by Crippen LogP contribution is 2.29. The number of amides is 2. The van der Waals surface area contributed by atoms with Gasteiger partial charge in [0.05, 0.1) is 5.69 Å². The average Bonchev–Trinajstić information content (AvgIpc) is 2.31. The lowest BCUT2D eigenvalue weighted by Crippen LogP contribution is -2.50. The van der Waals surface area contributed by atoms with Crippen molar-refractivity contribution in [2.75, 3.05) is 5.32 Å². The minimum absolute atomic E-state index is 0.473. The van der Waals surface area contributed by atoms with Crippen LogP contribution in [0.2, 0.25) is 5.02 Å². The van der Waals surface area contributed by atoms with Crippen molar-refractivity contribution >= 4 is 45.2 Å². The number of anilines is 1. The molecule has 0 saturated heterocycles. The Kier molecular flexibility index (Phi) is 5.64.